The molecular weight excluding hydrogens is 242 g/mol. The highest BCUT2D eigenvalue weighted by molar-refractivity contribution is 5.18. The van der Waals surface area contributed by atoms with E-state index >= 15 is 0 Å². The minimum atomic E-state index is 0.0919. The molecule has 5 nitrogen and oxygen atoms in total. The molecule has 2 atom stereocenters. The van der Waals surface area contributed by atoms with Crippen LogP contribution in [0.1, 0.15) is 39.5 Å². The number of nitrogens with zero attached hydrogens (tertiary/aromatic N) is 2. The predicted molar refractivity (Wildman–Crippen MR) is 73.2 cm³/mol. The molecule has 1 aromatic rings. The maximum Gasteiger partial charge on any atom is 0.220 e. The van der Waals surface area contributed by atoms with Gasteiger partial charge in [0.1, 0.15) is 12.4 Å². The average molecular weight is 265 g/mol. The summed E-state index contributed by atoms with van der Waals surface area (Å²) in [5, 5.41) is 0. The van der Waals surface area contributed by atoms with Gasteiger partial charge >= 0.3 is 0 Å². The molecule has 2 rings (SSSR count). The molecule has 1 aliphatic rings. The fourth-order valence-corrected chi connectivity index (χ4v) is 2.45. The minimum absolute atomic E-state index is 0.0919. The van der Waals surface area contributed by atoms with Crippen LogP contribution in [0.15, 0.2) is 12.4 Å². The highest BCUT2D eigenvalue weighted by Gasteiger charge is 2.26. The standard InChI is InChI=1S/C14H23N3O2/c1-10(2)18-13-7-14(17-9-16-13)19-12-6-4-3-5-11(12)8-15/h7,9-12H,3-6,8,15H2,1-2H3. The molecule has 0 radical (unpaired) electrons. The van der Waals surface area contributed by atoms with Crippen molar-refractivity contribution in [3.63, 3.8) is 0 Å². The van der Waals surface area contributed by atoms with Gasteiger partial charge in [-0.2, -0.15) is 0 Å². The lowest BCUT2D eigenvalue weighted by molar-refractivity contribution is 0.0914. The number of nitrogens with two attached hydrogens (primary N) is 1. The quantitative estimate of drug-likeness (QED) is 0.883. The first-order valence-electron chi connectivity index (χ1n) is 7.04. The van der Waals surface area contributed by atoms with Crippen molar-refractivity contribution in [3.8, 4) is 11.8 Å². The molecule has 1 heterocycles. The summed E-state index contributed by atoms with van der Waals surface area (Å²) < 4.78 is 11.5. The molecule has 1 aromatic heterocycles. The van der Waals surface area contributed by atoms with Crippen LogP contribution in [0.25, 0.3) is 0 Å². The van der Waals surface area contributed by atoms with Crippen molar-refractivity contribution in [2.24, 2.45) is 11.7 Å². The fourth-order valence-electron chi connectivity index (χ4n) is 2.45. The Labute approximate surface area is 114 Å². The molecule has 0 saturated heterocycles. The summed E-state index contributed by atoms with van der Waals surface area (Å²) in [5.41, 5.74) is 5.81. The van der Waals surface area contributed by atoms with Crippen LogP contribution in [0, 0.1) is 5.92 Å². The number of hydrogen-bond donors (Lipinski definition) is 1. The van der Waals surface area contributed by atoms with Gasteiger partial charge in [-0.25, -0.2) is 9.97 Å². The second kappa shape index (κ2) is 6.70. The Kier molecular flexibility index (Phi) is 4.96. The number of ether oxygens (including phenoxy) is 2. The molecule has 0 aromatic carbocycles. The van der Waals surface area contributed by atoms with Gasteiger partial charge in [0, 0.05) is 5.92 Å². The summed E-state index contributed by atoms with van der Waals surface area (Å²) in [4.78, 5) is 8.23. The van der Waals surface area contributed by atoms with Crippen molar-refractivity contribution in [2.45, 2.75) is 51.7 Å². The summed E-state index contributed by atoms with van der Waals surface area (Å²) in [6, 6.07) is 1.75. The Morgan fingerprint density at radius 2 is 2.00 bits per heavy atom. The molecular formula is C14H23N3O2. The molecule has 2 unspecified atom stereocenters. The molecule has 106 valence electrons. The smallest absolute Gasteiger partial charge is 0.220 e. The fraction of sp³-hybridized carbons (Fsp3) is 0.714. The van der Waals surface area contributed by atoms with E-state index in [1.165, 1.54) is 19.2 Å². The van der Waals surface area contributed by atoms with Crippen LogP contribution < -0.4 is 15.2 Å². The first-order chi connectivity index (χ1) is 9.19. The second-order valence-corrected chi connectivity index (χ2v) is 5.30. The van der Waals surface area contributed by atoms with Crippen LogP contribution in [-0.4, -0.2) is 28.7 Å². The van der Waals surface area contributed by atoms with Crippen molar-refractivity contribution >= 4 is 0 Å². The van der Waals surface area contributed by atoms with E-state index < -0.39 is 0 Å². The molecule has 0 amide bonds. The molecule has 2 N–H and O–H groups in total. The third kappa shape index (κ3) is 4.06. The molecule has 19 heavy (non-hydrogen) atoms. The van der Waals surface area contributed by atoms with Crippen molar-refractivity contribution in [3.05, 3.63) is 12.4 Å². The van der Waals surface area contributed by atoms with Crippen LogP contribution in [-0.2, 0) is 0 Å². The van der Waals surface area contributed by atoms with Crippen LogP contribution in [0.2, 0.25) is 0 Å². The zero-order chi connectivity index (χ0) is 13.7. The maximum atomic E-state index is 5.97. The summed E-state index contributed by atoms with van der Waals surface area (Å²) in [7, 11) is 0. The zero-order valence-electron chi connectivity index (χ0n) is 11.7. The Morgan fingerprint density at radius 1 is 1.26 bits per heavy atom. The van der Waals surface area contributed by atoms with Gasteiger partial charge in [0.05, 0.1) is 12.2 Å². The molecule has 1 aliphatic carbocycles. The van der Waals surface area contributed by atoms with E-state index in [2.05, 4.69) is 9.97 Å². The summed E-state index contributed by atoms with van der Waals surface area (Å²) in [6.45, 7) is 4.60. The SMILES string of the molecule is CC(C)Oc1cc(OC2CCCCC2CN)ncn1. The van der Waals surface area contributed by atoms with E-state index in [4.69, 9.17) is 15.2 Å². The average Bonchev–Trinajstić information content (AvgIpc) is 2.39. The Hall–Kier alpha value is -1.36. The molecule has 1 fully saturated rings. The first-order valence-corrected chi connectivity index (χ1v) is 7.04. The van der Waals surface area contributed by atoms with E-state index in [9.17, 15) is 0 Å². The topological polar surface area (TPSA) is 70.3 Å². The van der Waals surface area contributed by atoms with Gasteiger partial charge in [-0.15, -0.1) is 0 Å². The van der Waals surface area contributed by atoms with E-state index in [0.717, 1.165) is 12.8 Å². The lowest BCUT2D eigenvalue weighted by Gasteiger charge is -2.30. The van der Waals surface area contributed by atoms with Crippen molar-refractivity contribution in [1.29, 1.82) is 0 Å². The summed E-state index contributed by atoms with van der Waals surface area (Å²) in [6.07, 6.45) is 6.37. The Bertz CT molecular complexity index is 398. The second-order valence-electron chi connectivity index (χ2n) is 5.30. The highest BCUT2D eigenvalue weighted by atomic mass is 16.5. The summed E-state index contributed by atoms with van der Waals surface area (Å²) in [5.74, 6) is 1.56. The molecule has 0 spiro atoms. The van der Waals surface area contributed by atoms with Gasteiger partial charge in [-0.05, 0) is 39.7 Å². The van der Waals surface area contributed by atoms with Gasteiger partial charge in [0.2, 0.25) is 11.8 Å². The summed E-state index contributed by atoms with van der Waals surface area (Å²) >= 11 is 0. The van der Waals surface area contributed by atoms with Crippen LogP contribution in [0.5, 0.6) is 11.8 Å². The van der Waals surface area contributed by atoms with Crippen LogP contribution in [0.4, 0.5) is 0 Å². The van der Waals surface area contributed by atoms with Crippen LogP contribution in [0.3, 0.4) is 0 Å². The lowest BCUT2D eigenvalue weighted by atomic mass is 9.86. The van der Waals surface area contributed by atoms with Gasteiger partial charge in [-0.3, -0.25) is 0 Å². The van der Waals surface area contributed by atoms with Gasteiger partial charge < -0.3 is 15.2 Å². The maximum absolute atomic E-state index is 5.97. The zero-order valence-corrected chi connectivity index (χ0v) is 11.7. The predicted octanol–water partition coefficient (Wildman–Crippen LogP) is 2.16. The number of rotatable bonds is 5. The minimum Gasteiger partial charge on any atom is -0.475 e. The Balaban J connectivity index is 2.01. The van der Waals surface area contributed by atoms with Gasteiger partial charge in [0.15, 0.2) is 0 Å². The number of aromatic nitrogens is 2. The first kappa shape index (κ1) is 14.1. The number of hydrogen-bond acceptors (Lipinski definition) is 5. The largest absolute Gasteiger partial charge is 0.475 e. The van der Waals surface area contributed by atoms with Crippen molar-refractivity contribution in [2.75, 3.05) is 6.54 Å². The molecule has 0 aliphatic heterocycles. The van der Waals surface area contributed by atoms with E-state index in [0.29, 0.717) is 24.2 Å². The Morgan fingerprint density at radius 3 is 2.74 bits per heavy atom. The monoisotopic (exact) mass is 265 g/mol. The third-order valence-electron chi connectivity index (χ3n) is 3.39. The molecule has 1 saturated carbocycles. The molecule has 5 heteroatoms. The van der Waals surface area contributed by atoms with Crippen molar-refractivity contribution in [1.82, 2.24) is 9.97 Å². The van der Waals surface area contributed by atoms with Crippen LogP contribution >= 0.6 is 0 Å². The lowest BCUT2D eigenvalue weighted by Crippen LogP contribution is -2.35. The van der Waals surface area contributed by atoms with Crippen molar-refractivity contribution < 1.29 is 9.47 Å². The van der Waals surface area contributed by atoms with Gasteiger partial charge in [-0.1, -0.05) is 6.42 Å². The molecule has 0 bridgehead atoms. The van der Waals surface area contributed by atoms with Gasteiger partial charge in [0.25, 0.3) is 0 Å². The van der Waals surface area contributed by atoms with E-state index in [1.54, 1.807) is 6.07 Å². The normalized spacial score (nSPS) is 23.4. The third-order valence-corrected chi connectivity index (χ3v) is 3.39. The van der Waals surface area contributed by atoms with E-state index in [1.807, 2.05) is 13.8 Å². The van der Waals surface area contributed by atoms with E-state index in [-0.39, 0.29) is 12.2 Å². The highest BCUT2D eigenvalue weighted by Crippen LogP contribution is 2.27.